The molecule has 8 heteroatoms. The molecule has 0 bridgehead atoms. The molecular formula is C16H20ClF3N2OS. The highest BCUT2D eigenvalue weighted by atomic mass is 35.5. The molecule has 0 N–H and O–H groups in total. The Morgan fingerprint density at radius 2 is 2.21 bits per heavy atom. The van der Waals surface area contributed by atoms with Crippen molar-refractivity contribution in [1.82, 2.24) is 9.88 Å². The summed E-state index contributed by atoms with van der Waals surface area (Å²) in [6.07, 6.45) is 0.279. The SMILES string of the molecule is CCC1CCCCN1C(=O)C(C)Sc1ncc(C(F)(F)F)cc1Cl. The maximum absolute atomic E-state index is 12.7. The van der Waals surface area contributed by atoms with E-state index in [1.807, 2.05) is 4.90 Å². The van der Waals surface area contributed by atoms with E-state index in [-0.39, 0.29) is 22.0 Å². The zero-order valence-electron chi connectivity index (χ0n) is 13.6. The van der Waals surface area contributed by atoms with Crippen LogP contribution in [0.1, 0.15) is 45.1 Å². The largest absolute Gasteiger partial charge is 0.417 e. The van der Waals surface area contributed by atoms with Gasteiger partial charge in [-0.1, -0.05) is 30.3 Å². The van der Waals surface area contributed by atoms with E-state index < -0.39 is 17.0 Å². The van der Waals surface area contributed by atoms with E-state index in [0.717, 1.165) is 56.3 Å². The van der Waals surface area contributed by atoms with E-state index in [4.69, 9.17) is 11.6 Å². The van der Waals surface area contributed by atoms with Gasteiger partial charge in [0, 0.05) is 18.8 Å². The maximum atomic E-state index is 12.7. The molecule has 1 aliphatic heterocycles. The first kappa shape index (κ1) is 19.4. The van der Waals surface area contributed by atoms with Gasteiger partial charge in [-0.2, -0.15) is 13.2 Å². The van der Waals surface area contributed by atoms with Crippen molar-refractivity contribution in [2.24, 2.45) is 0 Å². The lowest BCUT2D eigenvalue weighted by Crippen LogP contribution is -2.46. The number of pyridine rings is 1. The molecule has 0 spiro atoms. The molecule has 1 aliphatic rings. The van der Waals surface area contributed by atoms with Crippen LogP contribution >= 0.6 is 23.4 Å². The number of alkyl halides is 3. The third kappa shape index (κ3) is 4.57. The number of hydrogen-bond donors (Lipinski definition) is 0. The minimum atomic E-state index is -4.48. The van der Waals surface area contributed by atoms with Crippen molar-refractivity contribution in [3.8, 4) is 0 Å². The normalized spacial score (nSPS) is 20.1. The highest BCUT2D eigenvalue weighted by Crippen LogP contribution is 2.35. The van der Waals surface area contributed by atoms with Gasteiger partial charge in [0.15, 0.2) is 0 Å². The lowest BCUT2D eigenvalue weighted by atomic mass is 10.00. The lowest BCUT2D eigenvalue weighted by molar-refractivity contribution is -0.138. The third-order valence-corrected chi connectivity index (χ3v) is 5.66. The standard InChI is InChI=1S/C16H20ClF3N2OS/c1-3-12-6-4-5-7-22(12)15(23)10(2)24-14-13(17)8-11(9-21-14)16(18,19)20/h8-10,12H,3-7H2,1-2H3. The Morgan fingerprint density at radius 3 is 2.79 bits per heavy atom. The molecule has 1 aromatic rings. The average molecular weight is 381 g/mol. The second-order valence-electron chi connectivity index (χ2n) is 5.86. The number of thioether (sulfide) groups is 1. The summed E-state index contributed by atoms with van der Waals surface area (Å²) >= 11 is 7.02. The Morgan fingerprint density at radius 1 is 1.50 bits per heavy atom. The van der Waals surface area contributed by atoms with Crippen LogP contribution in [0.5, 0.6) is 0 Å². The molecule has 0 radical (unpaired) electrons. The molecule has 24 heavy (non-hydrogen) atoms. The zero-order chi connectivity index (χ0) is 17.9. The van der Waals surface area contributed by atoms with E-state index in [9.17, 15) is 18.0 Å². The van der Waals surface area contributed by atoms with Crippen molar-refractivity contribution in [3.05, 3.63) is 22.8 Å². The molecule has 2 unspecified atom stereocenters. The number of nitrogens with zero attached hydrogens (tertiary/aromatic N) is 2. The van der Waals surface area contributed by atoms with Crippen LogP contribution in [0.25, 0.3) is 0 Å². The summed E-state index contributed by atoms with van der Waals surface area (Å²) in [7, 11) is 0. The fourth-order valence-corrected chi connectivity index (χ4v) is 3.99. The molecule has 0 aliphatic carbocycles. The van der Waals surface area contributed by atoms with E-state index in [2.05, 4.69) is 11.9 Å². The van der Waals surface area contributed by atoms with Crippen molar-refractivity contribution in [2.45, 2.75) is 62.0 Å². The van der Waals surface area contributed by atoms with Crippen molar-refractivity contribution in [3.63, 3.8) is 0 Å². The van der Waals surface area contributed by atoms with E-state index >= 15 is 0 Å². The van der Waals surface area contributed by atoms with Gasteiger partial charge in [0.05, 0.1) is 15.8 Å². The molecule has 2 rings (SSSR count). The number of amides is 1. The Labute approximate surface area is 149 Å². The number of piperidine rings is 1. The van der Waals surface area contributed by atoms with Crippen LogP contribution < -0.4 is 0 Å². The van der Waals surface area contributed by atoms with Gasteiger partial charge in [-0.3, -0.25) is 4.79 Å². The molecule has 1 amide bonds. The molecule has 1 saturated heterocycles. The molecule has 2 atom stereocenters. The smallest absolute Gasteiger partial charge is 0.339 e. The Bertz CT molecular complexity index is 597. The van der Waals surface area contributed by atoms with E-state index in [0.29, 0.717) is 0 Å². The van der Waals surface area contributed by atoms with Gasteiger partial charge < -0.3 is 4.90 Å². The summed E-state index contributed by atoms with van der Waals surface area (Å²) in [5, 5.41) is -0.283. The van der Waals surface area contributed by atoms with Crippen LogP contribution in [0.4, 0.5) is 13.2 Å². The van der Waals surface area contributed by atoms with E-state index in [1.54, 1.807) is 6.92 Å². The van der Waals surface area contributed by atoms with Crippen LogP contribution in [0.3, 0.4) is 0 Å². The maximum Gasteiger partial charge on any atom is 0.417 e. The third-order valence-electron chi connectivity index (χ3n) is 4.15. The van der Waals surface area contributed by atoms with Gasteiger partial charge in [0.1, 0.15) is 5.03 Å². The number of hydrogen-bond acceptors (Lipinski definition) is 3. The first-order valence-electron chi connectivity index (χ1n) is 7.94. The molecule has 0 aromatic carbocycles. The molecular weight excluding hydrogens is 361 g/mol. The molecule has 1 aromatic heterocycles. The quantitative estimate of drug-likeness (QED) is 0.687. The van der Waals surface area contributed by atoms with Gasteiger partial charge in [-0.05, 0) is 38.7 Å². The summed E-state index contributed by atoms with van der Waals surface area (Å²) in [4.78, 5) is 18.3. The van der Waals surface area contributed by atoms with Crippen LogP contribution in [0, 0.1) is 0 Å². The van der Waals surface area contributed by atoms with Gasteiger partial charge in [-0.25, -0.2) is 4.98 Å². The fraction of sp³-hybridized carbons (Fsp3) is 0.625. The van der Waals surface area contributed by atoms with Crippen LogP contribution in [-0.4, -0.2) is 33.6 Å². The van der Waals surface area contributed by atoms with Gasteiger partial charge in [0.25, 0.3) is 0 Å². The summed E-state index contributed by atoms with van der Waals surface area (Å²) in [5.74, 6) is -0.00989. The van der Waals surface area contributed by atoms with Gasteiger partial charge >= 0.3 is 6.18 Å². The summed E-state index contributed by atoms with van der Waals surface area (Å²) in [5.41, 5.74) is -0.891. The predicted octanol–water partition coefficient (Wildman–Crippen LogP) is 5.03. The highest BCUT2D eigenvalue weighted by Gasteiger charge is 2.33. The van der Waals surface area contributed by atoms with Crippen molar-refractivity contribution >= 4 is 29.3 Å². The number of likely N-dealkylation sites (tertiary alicyclic amines) is 1. The molecule has 2 heterocycles. The first-order valence-corrected chi connectivity index (χ1v) is 9.19. The fourth-order valence-electron chi connectivity index (χ4n) is 2.83. The van der Waals surface area contributed by atoms with Crippen molar-refractivity contribution in [1.29, 1.82) is 0 Å². The van der Waals surface area contributed by atoms with Gasteiger partial charge in [-0.15, -0.1) is 0 Å². The molecule has 134 valence electrons. The first-order chi connectivity index (χ1) is 11.2. The topological polar surface area (TPSA) is 33.2 Å². The average Bonchev–Trinajstić information content (AvgIpc) is 2.54. The zero-order valence-corrected chi connectivity index (χ0v) is 15.1. The van der Waals surface area contributed by atoms with E-state index in [1.165, 1.54) is 0 Å². The van der Waals surface area contributed by atoms with Crippen LogP contribution in [0.2, 0.25) is 5.02 Å². The summed E-state index contributed by atoms with van der Waals surface area (Å²) < 4.78 is 37.9. The Balaban J connectivity index is 2.08. The number of rotatable bonds is 4. The summed E-state index contributed by atoms with van der Waals surface area (Å²) in [6, 6.07) is 1.09. The Kier molecular flexibility index (Phi) is 6.42. The highest BCUT2D eigenvalue weighted by molar-refractivity contribution is 8.00. The van der Waals surface area contributed by atoms with Crippen molar-refractivity contribution < 1.29 is 18.0 Å². The minimum absolute atomic E-state index is 0.00989. The second kappa shape index (κ2) is 7.95. The summed E-state index contributed by atoms with van der Waals surface area (Å²) in [6.45, 7) is 4.53. The molecule has 1 fully saturated rings. The minimum Gasteiger partial charge on any atom is -0.339 e. The van der Waals surface area contributed by atoms with Crippen LogP contribution in [-0.2, 0) is 11.0 Å². The number of carbonyl (C=O) groups excluding carboxylic acids is 1. The number of aromatic nitrogens is 1. The Hall–Kier alpha value is -0.950. The molecule has 0 saturated carbocycles. The second-order valence-corrected chi connectivity index (χ2v) is 7.60. The van der Waals surface area contributed by atoms with Gasteiger partial charge in [0.2, 0.25) is 5.91 Å². The molecule has 3 nitrogen and oxygen atoms in total. The lowest BCUT2D eigenvalue weighted by Gasteiger charge is -2.36. The number of carbonyl (C=O) groups is 1. The predicted molar refractivity (Wildman–Crippen MR) is 89.2 cm³/mol. The monoisotopic (exact) mass is 380 g/mol. The number of halogens is 4. The van der Waals surface area contributed by atoms with Crippen LogP contribution in [0.15, 0.2) is 17.3 Å². The van der Waals surface area contributed by atoms with Crippen molar-refractivity contribution in [2.75, 3.05) is 6.54 Å².